The molecule has 0 fully saturated rings. The van der Waals surface area contributed by atoms with E-state index < -0.39 is 0 Å². The summed E-state index contributed by atoms with van der Waals surface area (Å²) in [6.45, 7) is 2.05. The Bertz CT molecular complexity index is 501. The number of aryl methyl sites for hydroxylation is 2. The standard InChI is InChI=1S/C11H10N2/c1-4-11-12-9-7-8(2)5-6-10(9)13(11)3/h1,5-7H,2-3H3. The Morgan fingerprint density at radius 1 is 1.46 bits per heavy atom. The van der Waals surface area contributed by atoms with Gasteiger partial charge in [0.2, 0.25) is 0 Å². The zero-order chi connectivity index (χ0) is 9.42. The maximum atomic E-state index is 5.32. The van der Waals surface area contributed by atoms with Gasteiger partial charge in [0.05, 0.1) is 11.0 Å². The molecule has 0 bridgehead atoms. The van der Waals surface area contributed by atoms with Crippen LogP contribution in [0.2, 0.25) is 0 Å². The number of hydrogen-bond donors (Lipinski definition) is 0. The number of benzene rings is 1. The van der Waals surface area contributed by atoms with Crippen molar-refractivity contribution >= 4 is 11.0 Å². The van der Waals surface area contributed by atoms with E-state index in [1.165, 1.54) is 5.56 Å². The number of hydrogen-bond acceptors (Lipinski definition) is 1. The predicted octanol–water partition coefficient (Wildman–Crippen LogP) is 1.86. The third-order valence-electron chi connectivity index (χ3n) is 2.17. The van der Waals surface area contributed by atoms with Crippen LogP contribution in [0.15, 0.2) is 18.2 Å². The summed E-state index contributed by atoms with van der Waals surface area (Å²) in [4.78, 5) is 4.32. The number of aromatic nitrogens is 2. The summed E-state index contributed by atoms with van der Waals surface area (Å²) < 4.78 is 1.93. The largest absolute Gasteiger partial charge is 0.320 e. The van der Waals surface area contributed by atoms with E-state index in [2.05, 4.69) is 17.0 Å². The van der Waals surface area contributed by atoms with Gasteiger partial charge in [0, 0.05) is 7.05 Å². The minimum absolute atomic E-state index is 0.681. The zero-order valence-corrected chi connectivity index (χ0v) is 7.70. The van der Waals surface area contributed by atoms with Crippen molar-refractivity contribution in [3.63, 3.8) is 0 Å². The predicted molar refractivity (Wildman–Crippen MR) is 53.4 cm³/mol. The van der Waals surface area contributed by atoms with E-state index in [0.717, 1.165) is 11.0 Å². The van der Waals surface area contributed by atoms with Gasteiger partial charge in [-0.15, -0.1) is 6.42 Å². The number of fused-ring (bicyclic) bond motifs is 1. The molecule has 0 N–H and O–H groups in total. The smallest absolute Gasteiger partial charge is 0.185 e. The average molecular weight is 170 g/mol. The van der Waals surface area contributed by atoms with Gasteiger partial charge in [-0.05, 0) is 30.5 Å². The first kappa shape index (κ1) is 7.88. The molecule has 0 aliphatic carbocycles. The van der Waals surface area contributed by atoms with Crippen LogP contribution in [-0.4, -0.2) is 9.55 Å². The van der Waals surface area contributed by atoms with Gasteiger partial charge in [-0.1, -0.05) is 6.07 Å². The minimum Gasteiger partial charge on any atom is -0.320 e. The third kappa shape index (κ3) is 1.09. The molecule has 0 aliphatic rings. The first-order valence-corrected chi connectivity index (χ1v) is 4.12. The second-order valence-corrected chi connectivity index (χ2v) is 3.13. The van der Waals surface area contributed by atoms with Crippen molar-refractivity contribution < 1.29 is 0 Å². The van der Waals surface area contributed by atoms with Crippen LogP contribution in [0.25, 0.3) is 11.0 Å². The van der Waals surface area contributed by atoms with Gasteiger partial charge >= 0.3 is 0 Å². The lowest BCUT2D eigenvalue weighted by Crippen LogP contribution is -1.91. The molecule has 2 nitrogen and oxygen atoms in total. The summed E-state index contributed by atoms with van der Waals surface area (Å²) in [5, 5.41) is 0. The number of rotatable bonds is 0. The highest BCUT2D eigenvalue weighted by Gasteiger charge is 2.04. The highest BCUT2D eigenvalue weighted by Crippen LogP contribution is 2.15. The Morgan fingerprint density at radius 2 is 2.23 bits per heavy atom. The van der Waals surface area contributed by atoms with Crippen LogP contribution in [-0.2, 0) is 7.05 Å². The molecule has 0 saturated carbocycles. The fraction of sp³-hybridized carbons (Fsp3) is 0.182. The summed E-state index contributed by atoms with van der Waals surface area (Å²) >= 11 is 0. The molecule has 2 heteroatoms. The van der Waals surface area contributed by atoms with E-state index in [4.69, 9.17) is 6.42 Å². The van der Waals surface area contributed by atoms with E-state index in [9.17, 15) is 0 Å². The van der Waals surface area contributed by atoms with Crippen molar-refractivity contribution in [2.24, 2.45) is 7.05 Å². The van der Waals surface area contributed by atoms with Gasteiger partial charge in [0.25, 0.3) is 0 Å². The Hall–Kier alpha value is -1.75. The number of nitrogens with zero attached hydrogens (tertiary/aromatic N) is 2. The second kappa shape index (κ2) is 2.63. The fourth-order valence-electron chi connectivity index (χ4n) is 1.44. The molecule has 0 unspecified atom stereocenters. The van der Waals surface area contributed by atoms with E-state index in [0.29, 0.717) is 5.82 Å². The Balaban J connectivity index is 2.86. The second-order valence-electron chi connectivity index (χ2n) is 3.13. The quantitative estimate of drug-likeness (QED) is 0.552. The highest BCUT2D eigenvalue weighted by molar-refractivity contribution is 5.77. The van der Waals surface area contributed by atoms with Crippen LogP contribution in [0.3, 0.4) is 0 Å². The van der Waals surface area contributed by atoms with Crippen LogP contribution in [0.1, 0.15) is 11.4 Å². The lowest BCUT2D eigenvalue weighted by Gasteiger charge is -1.95. The maximum absolute atomic E-state index is 5.32. The van der Waals surface area contributed by atoms with Gasteiger partial charge < -0.3 is 4.57 Å². The van der Waals surface area contributed by atoms with E-state index in [1.54, 1.807) is 0 Å². The molecule has 0 aliphatic heterocycles. The average Bonchev–Trinajstić information content (AvgIpc) is 2.42. The SMILES string of the molecule is C#Cc1nc2cc(C)ccc2n1C. The molecule has 13 heavy (non-hydrogen) atoms. The number of terminal acetylenes is 1. The monoisotopic (exact) mass is 170 g/mol. The first-order chi connectivity index (χ1) is 6.22. The Labute approximate surface area is 77.2 Å². The molecule has 64 valence electrons. The number of imidazole rings is 1. The molecule has 2 aromatic rings. The molecule has 2 rings (SSSR count). The molecular formula is C11H10N2. The Kier molecular flexibility index (Phi) is 1.60. The molecule has 1 aromatic heterocycles. The summed E-state index contributed by atoms with van der Waals surface area (Å²) in [6.07, 6.45) is 5.32. The summed E-state index contributed by atoms with van der Waals surface area (Å²) in [5.41, 5.74) is 3.25. The fourth-order valence-corrected chi connectivity index (χ4v) is 1.44. The van der Waals surface area contributed by atoms with Gasteiger partial charge in [-0.25, -0.2) is 4.98 Å². The van der Waals surface area contributed by atoms with Gasteiger partial charge in [0.1, 0.15) is 0 Å². The summed E-state index contributed by atoms with van der Waals surface area (Å²) in [5.74, 6) is 3.24. The van der Waals surface area contributed by atoms with Crippen molar-refractivity contribution in [3.8, 4) is 12.3 Å². The van der Waals surface area contributed by atoms with Crippen molar-refractivity contribution in [1.82, 2.24) is 9.55 Å². The molecule has 0 radical (unpaired) electrons. The molecule has 0 amide bonds. The molecule has 1 aromatic carbocycles. The van der Waals surface area contributed by atoms with Crippen LogP contribution in [0.4, 0.5) is 0 Å². The lowest BCUT2D eigenvalue weighted by atomic mass is 10.2. The molecule has 0 spiro atoms. The van der Waals surface area contributed by atoms with Crippen LogP contribution < -0.4 is 0 Å². The van der Waals surface area contributed by atoms with Gasteiger partial charge in [0.15, 0.2) is 5.82 Å². The molecular weight excluding hydrogens is 160 g/mol. The van der Waals surface area contributed by atoms with Crippen molar-refractivity contribution in [3.05, 3.63) is 29.6 Å². The Morgan fingerprint density at radius 3 is 2.92 bits per heavy atom. The van der Waals surface area contributed by atoms with Crippen LogP contribution >= 0.6 is 0 Å². The third-order valence-corrected chi connectivity index (χ3v) is 2.17. The first-order valence-electron chi connectivity index (χ1n) is 4.12. The molecule has 0 atom stereocenters. The zero-order valence-electron chi connectivity index (χ0n) is 7.70. The highest BCUT2D eigenvalue weighted by atomic mass is 15.0. The van der Waals surface area contributed by atoms with E-state index in [-0.39, 0.29) is 0 Å². The lowest BCUT2D eigenvalue weighted by molar-refractivity contribution is 0.926. The summed E-state index contributed by atoms with van der Waals surface area (Å²) in [7, 11) is 1.93. The normalized spacial score (nSPS) is 10.2. The topological polar surface area (TPSA) is 17.8 Å². The van der Waals surface area contributed by atoms with Crippen molar-refractivity contribution in [2.75, 3.05) is 0 Å². The van der Waals surface area contributed by atoms with Crippen molar-refractivity contribution in [2.45, 2.75) is 6.92 Å². The maximum Gasteiger partial charge on any atom is 0.185 e. The van der Waals surface area contributed by atoms with Crippen LogP contribution in [0.5, 0.6) is 0 Å². The minimum atomic E-state index is 0.681. The summed E-state index contributed by atoms with van der Waals surface area (Å²) in [6, 6.07) is 6.14. The van der Waals surface area contributed by atoms with Gasteiger partial charge in [-0.3, -0.25) is 0 Å². The van der Waals surface area contributed by atoms with Crippen LogP contribution in [0, 0.1) is 19.3 Å². The van der Waals surface area contributed by atoms with Crippen molar-refractivity contribution in [1.29, 1.82) is 0 Å². The van der Waals surface area contributed by atoms with E-state index >= 15 is 0 Å². The molecule has 1 heterocycles. The molecule has 0 saturated heterocycles. The van der Waals surface area contributed by atoms with Gasteiger partial charge in [-0.2, -0.15) is 0 Å². The van der Waals surface area contributed by atoms with E-state index in [1.807, 2.05) is 30.7 Å².